The summed E-state index contributed by atoms with van der Waals surface area (Å²) in [5, 5.41) is 1.06. The molecule has 2 aromatic carbocycles. The summed E-state index contributed by atoms with van der Waals surface area (Å²) in [6, 6.07) is 11.8. The number of fused-ring (bicyclic) bond motifs is 2. The SMILES string of the molecule is Cc1nc2cc(C(F)(F)F)ccc2n1C1CCN(C(=O)Cc2c[nH]c3ccccc23)CC1. The zero-order chi connectivity index (χ0) is 22.5. The van der Waals surface area contributed by atoms with Crippen LogP contribution in [0.5, 0.6) is 0 Å². The van der Waals surface area contributed by atoms with Crippen molar-refractivity contribution in [2.75, 3.05) is 13.1 Å². The molecule has 4 aromatic rings. The van der Waals surface area contributed by atoms with Gasteiger partial charge in [0.25, 0.3) is 0 Å². The number of hydrogen-bond donors (Lipinski definition) is 1. The summed E-state index contributed by atoms with van der Waals surface area (Å²) in [4.78, 5) is 22.4. The quantitative estimate of drug-likeness (QED) is 0.473. The fraction of sp³-hybridized carbons (Fsp3) is 0.333. The highest BCUT2D eigenvalue weighted by Gasteiger charge is 2.32. The highest BCUT2D eigenvalue weighted by molar-refractivity contribution is 5.89. The van der Waals surface area contributed by atoms with E-state index in [-0.39, 0.29) is 11.9 Å². The van der Waals surface area contributed by atoms with Crippen molar-refractivity contribution in [3.8, 4) is 0 Å². The number of nitrogens with one attached hydrogen (secondary N) is 1. The molecular weight excluding hydrogens is 417 g/mol. The molecule has 1 saturated heterocycles. The highest BCUT2D eigenvalue weighted by atomic mass is 19.4. The van der Waals surface area contributed by atoms with Gasteiger partial charge >= 0.3 is 6.18 Å². The molecule has 0 bridgehead atoms. The number of amides is 1. The number of benzene rings is 2. The van der Waals surface area contributed by atoms with E-state index in [0.717, 1.165) is 41.4 Å². The van der Waals surface area contributed by atoms with Crippen molar-refractivity contribution in [1.29, 1.82) is 0 Å². The first kappa shape index (κ1) is 20.6. The van der Waals surface area contributed by atoms with E-state index in [1.165, 1.54) is 6.07 Å². The van der Waals surface area contributed by atoms with E-state index in [4.69, 9.17) is 0 Å². The van der Waals surface area contributed by atoms with Gasteiger partial charge in [0.05, 0.1) is 23.0 Å². The number of carbonyl (C=O) groups is 1. The minimum absolute atomic E-state index is 0.0928. The molecular formula is C24H23F3N4O. The number of likely N-dealkylation sites (tertiary alicyclic amines) is 1. The molecule has 5 nitrogen and oxygen atoms in total. The first-order chi connectivity index (χ1) is 15.3. The average molecular weight is 440 g/mol. The van der Waals surface area contributed by atoms with Crippen LogP contribution in [0.3, 0.4) is 0 Å². The van der Waals surface area contributed by atoms with Crippen molar-refractivity contribution >= 4 is 27.8 Å². The molecule has 1 aliphatic heterocycles. The minimum Gasteiger partial charge on any atom is -0.361 e. The van der Waals surface area contributed by atoms with Crippen LogP contribution in [-0.2, 0) is 17.4 Å². The molecule has 2 aromatic heterocycles. The summed E-state index contributed by atoms with van der Waals surface area (Å²) in [7, 11) is 0. The molecule has 0 unspecified atom stereocenters. The van der Waals surface area contributed by atoms with Crippen LogP contribution in [0.4, 0.5) is 13.2 Å². The maximum absolute atomic E-state index is 13.0. The second-order valence-corrected chi connectivity index (χ2v) is 8.38. The van der Waals surface area contributed by atoms with Gasteiger partial charge in [-0.3, -0.25) is 4.79 Å². The first-order valence-electron chi connectivity index (χ1n) is 10.7. The van der Waals surface area contributed by atoms with Crippen LogP contribution < -0.4 is 0 Å². The number of hydrogen-bond acceptors (Lipinski definition) is 2. The van der Waals surface area contributed by atoms with Gasteiger partial charge in [0.1, 0.15) is 5.82 Å². The Balaban J connectivity index is 1.30. The Bertz CT molecular complexity index is 1300. The molecule has 8 heteroatoms. The molecule has 166 valence electrons. The van der Waals surface area contributed by atoms with E-state index in [0.29, 0.717) is 36.4 Å². The first-order valence-corrected chi connectivity index (χ1v) is 10.7. The molecule has 1 amide bonds. The van der Waals surface area contributed by atoms with E-state index < -0.39 is 11.7 Å². The highest BCUT2D eigenvalue weighted by Crippen LogP contribution is 2.34. The predicted octanol–water partition coefficient (Wildman–Crippen LogP) is 5.25. The lowest BCUT2D eigenvalue weighted by atomic mass is 10.0. The maximum atomic E-state index is 13.0. The van der Waals surface area contributed by atoms with E-state index in [2.05, 4.69) is 9.97 Å². The smallest absolute Gasteiger partial charge is 0.361 e. The van der Waals surface area contributed by atoms with Gasteiger partial charge in [0, 0.05) is 36.2 Å². The maximum Gasteiger partial charge on any atom is 0.416 e. The summed E-state index contributed by atoms with van der Waals surface area (Å²) in [6.07, 6.45) is -0.657. The second-order valence-electron chi connectivity index (χ2n) is 8.38. The third-order valence-electron chi connectivity index (χ3n) is 6.39. The van der Waals surface area contributed by atoms with Crippen LogP contribution in [0.1, 0.15) is 35.8 Å². The van der Waals surface area contributed by atoms with Crippen molar-refractivity contribution in [1.82, 2.24) is 19.4 Å². The number of imidazole rings is 1. The Hall–Kier alpha value is -3.29. The third kappa shape index (κ3) is 3.63. The lowest BCUT2D eigenvalue weighted by molar-refractivity contribution is -0.137. The third-order valence-corrected chi connectivity index (χ3v) is 6.39. The van der Waals surface area contributed by atoms with Gasteiger partial charge < -0.3 is 14.5 Å². The lowest BCUT2D eigenvalue weighted by Gasteiger charge is -2.33. The van der Waals surface area contributed by atoms with Gasteiger partial charge in [-0.25, -0.2) is 4.98 Å². The molecule has 0 radical (unpaired) electrons. The zero-order valence-electron chi connectivity index (χ0n) is 17.6. The number of para-hydroxylation sites is 1. The zero-order valence-corrected chi connectivity index (χ0v) is 17.6. The average Bonchev–Trinajstić information content (AvgIpc) is 3.32. The predicted molar refractivity (Wildman–Crippen MR) is 116 cm³/mol. The second kappa shape index (κ2) is 7.69. The Morgan fingerprint density at radius 3 is 2.66 bits per heavy atom. The van der Waals surface area contributed by atoms with Gasteiger partial charge in [-0.2, -0.15) is 13.2 Å². The molecule has 1 fully saturated rings. The Kier molecular flexibility index (Phi) is 4.95. The Labute approximate surface area is 182 Å². The van der Waals surface area contributed by atoms with Gasteiger partial charge in [-0.05, 0) is 49.6 Å². The molecule has 32 heavy (non-hydrogen) atoms. The molecule has 5 rings (SSSR count). The topological polar surface area (TPSA) is 53.9 Å². The summed E-state index contributed by atoms with van der Waals surface area (Å²) < 4.78 is 41.2. The van der Waals surface area contributed by atoms with Crippen LogP contribution in [0.25, 0.3) is 21.9 Å². The Morgan fingerprint density at radius 1 is 1.16 bits per heavy atom. The van der Waals surface area contributed by atoms with Crippen molar-refractivity contribution in [2.45, 2.75) is 38.4 Å². The van der Waals surface area contributed by atoms with E-state index in [1.807, 2.05) is 46.9 Å². The lowest BCUT2D eigenvalue weighted by Crippen LogP contribution is -2.40. The molecule has 0 spiro atoms. The standard InChI is InChI=1S/C24H23F3N4O/c1-15-29-21-13-17(24(25,26)27)6-7-22(21)31(15)18-8-10-30(11-9-18)23(32)12-16-14-28-20-5-3-2-4-19(16)20/h2-7,13-14,18,28H,8-12H2,1H3. The Morgan fingerprint density at radius 2 is 1.91 bits per heavy atom. The number of aromatic nitrogens is 3. The van der Waals surface area contributed by atoms with Crippen LogP contribution in [0.2, 0.25) is 0 Å². The number of alkyl halides is 3. The van der Waals surface area contributed by atoms with Gasteiger partial charge in [-0.15, -0.1) is 0 Å². The number of aryl methyl sites for hydroxylation is 1. The van der Waals surface area contributed by atoms with E-state index >= 15 is 0 Å². The van der Waals surface area contributed by atoms with Gasteiger partial charge in [-0.1, -0.05) is 18.2 Å². The van der Waals surface area contributed by atoms with E-state index in [9.17, 15) is 18.0 Å². The summed E-state index contributed by atoms with van der Waals surface area (Å²) in [6.45, 7) is 3.05. The number of nitrogens with zero attached hydrogens (tertiary/aromatic N) is 3. The molecule has 1 aliphatic rings. The summed E-state index contributed by atoms with van der Waals surface area (Å²) in [5.74, 6) is 0.790. The van der Waals surface area contributed by atoms with Crippen molar-refractivity contribution < 1.29 is 18.0 Å². The number of H-pyrrole nitrogens is 1. The number of carbonyl (C=O) groups excluding carboxylic acids is 1. The van der Waals surface area contributed by atoms with Crippen LogP contribution in [0.15, 0.2) is 48.7 Å². The van der Waals surface area contributed by atoms with Crippen LogP contribution in [-0.4, -0.2) is 38.4 Å². The van der Waals surface area contributed by atoms with Gasteiger partial charge in [0.2, 0.25) is 5.91 Å². The molecule has 0 saturated carbocycles. The molecule has 3 heterocycles. The monoisotopic (exact) mass is 440 g/mol. The molecule has 0 atom stereocenters. The normalized spacial score (nSPS) is 15.7. The number of piperidine rings is 1. The largest absolute Gasteiger partial charge is 0.416 e. The van der Waals surface area contributed by atoms with Crippen LogP contribution >= 0.6 is 0 Å². The van der Waals surface area contributed by atoms with E-state index in [1.54, 1.807) is 0 Å². The number of aromatic amines is 1. The summed E-state index contributed by atoms with van der Waals surface area (Å²) >= 11 is 0. The number of halogens is 3. The molecule has 0 aliphatic carbocycles. The van der Waals surface area contributed by atoms with Crippen molar-refractivity contribution in [2.24, 2.45) is 0 Å². The number of rotatable bonds is 3. The van der Waals surface area contributed by atoms with Crippen molar-refractivity contribution in [3.63, 3.8) is 0 Å². The minimum atomic E-state index is -4.39. The fourth-order valence-electron chi connectivity index (χ4n) is 4.78. The summed E-state index contributed by atoms with van der Waals surface area (Å²) in [5.41, 5.74) is 2.39. The van der Waals surface area contributed by atoms with Crippen molar-refractivity contribution in [3.05, 3.63) is 65.6 Å². The molecule has 1 N–H and O–H groups in total. The van der Waals surface area contributed by atoms with Gasteiger partial charge in [0.15, 0.2) is 0 Å². The fourth-order valence-corrected chi connectivity index (χ4v) is 4.78. The van der Waals surface area contributed by atoms with Crippen LogP contribution in [0, 0.1) is 6.92 Å².